The molecule has 1 fully saturated rings. The monoisotopic (exact) mass is 518 g/mol. The van der Waals surface area contributed by atoms with E-state index >= 15 is 0 Å². The third kappa shape index (κ3) is 6.31. The SMILES string of the molecule is CN=C(NCc1nc(-c2cccc(Cl)c2)no1)N1CCN(CC(C)C)CC1.I. The molecule has 1 aliphatic heterocycles. The van der Waals surface area contributed by atoms with Crippen molar-refractivity contribution >= 4 is 41.5 Å². The van der Waals surface area contributed by atoms with Gasteiger partial charge >= 0.3 is 0 Å². The van der Waals surface area contributed by atoms with E-state index in [2.05, 4.69) is 44.1 Å². The lowest BCUT2D eigenvalue weighted by atomic mass is 10.2. The van der Waals surface area contributed by atoms with E-state index in [-0.39, 0.29) is 24.0 Å². The first-order valence-corrected chi connectivity index (χ1v) is 9.69. The van der Waals surface area contributed by atoms with Gasteiger partial charge in [-0.2, -0.15) is 4.98 Å². The molecule has 1 aromatic carbocycles. The highest BCUT2D eigenvalue weighted by molar-refractivity contribution is 14.0. The molecule has 0 radical (unpaired) electrons. The standard InChI is InChI=1S/C19H27ClN6O.HI/c1-14(2)13-25-7-9-26(10-8-25)19(21-3)22-12-17-23-18(24-27-17)15-5-4-6-16(20)11-15;/h4-6,11,14H,7-10,12-13H2,1-3H3,(H,21,22);1H. The molecule has 0 saturated carbocycles. The van der Waals surface area contributed by atoms with Crippen molar-refractivity contribution in [1.82, 2.24) is 25.3 Å². The van der Waals surface area contributed by atoms with E-state index in [9.17, 15) is 0 Å². The van der Waals surface area contributed by atoms with Gasteiger partial charge in [0.15, 0.2) is 5.96 Å². The molecule has 0 unspecified atom stereocenters. The molecule has 154 valence electrons. The minimum atomic E-state index is 0. The first-order valence-electron chi connectivity index (χ1n) is 9.31. The Hall–Kier alpha value is -1.39. The highest BCUT2D eigenvalue weighted by Crippen LogP contribution is 2.19. The van der Waals surface area contributed by atoms with E-state index < -0.39 is 0 Å². The maximum Gasteiger partial charge on any atom is 0.246 e. The lowest BCUT2D eigenvalue weighted by Gasteiger charge is -2.37. The summed E-state index contributed by atoms with van der Waals surface area (Å²) in [7, 11) is 1.80. The summed E-state index contributed by atoms with van der Waals surface area (Å²) in [4.78, 5) is 13.6. The van der Waals surface area contributed by atoms with E-state index in [4.69, 9.17) is 16.1 Å². The van der Waals surface area contributed by atoms with Crippen LogP contribution >= 0.6 is 35.6 Å². The molecule has 1 saturated heterocycles. The molecule has 1 N–H and O–H groups in total. The lowest BCUT2D eigenvalue weighted by molar-refractivity contribution is 0.163. The molecule has 1 aromatic heterocycles. The van der Waals surface area contributed by atoms with E-state index in [1.807, 2.05) is 24.3 Å². The zero-order valence-electron chi connectivity index (χ0n) is 16.6. The summed E-state index contributed by atoms with van der Waals surface area (Å²) in [6, 6.07) is 7.41. The van der Waals surface area contributed by atoms with Crippen molar-refractivity contribution in [1.29, 1.82) is 0 Å². The van der Waals surface area contributed by atoms with Crippen LogP contribution in [0, 0.1) is 5.92 Å². The number of rotatable bonds is 5. The number of nitrogens with one attached hydrogen (secondary N) is 1. The maximum absolute atomic E-state index is 6.02. The number of halogens is 2. The van der Waals surface area contributed by atoms with Crippen molar-refractivity contribution < 1.29 is 4.52 Å². The first-order chi connectivity index (χ1) is 13.0. The minimum absolute atomic E-state index is 0. The molecule has 28 heavy (non-hydrogen) atoms. The van der Waals surface area contributed by atoms with Gasteiger partial charge in [0.25, 0.3) is 0 Å². The van der Waals surface area contributed by atoms with Crippen LogP contribution in [-0.2, 0) is 6.54 Å². The maximum atomic E-state index is 6.02. The number of guanidine groups is 1. The van der Waals surface area contributed by atoms with Gasteiger partial charge in [-0.25, -0.2) is 0 Å². The average Bonchev–Trinajstić information content (AvgIpc) is 3.12. The molecule has 2 aromatic rings. The predicted molar refractivity (Wildman–Crippen MR) is 123 cm³/mol. The Labute approximate surface area is 188 Å². The summed E-state index contributed by atoms with van der Waals surface area (Å²) < 4.78 is 5.35. The summed E-state index contributed by atoms with van der Waals surface area (Å²) in [6.45, 7) is 10.1. The van der Waals surface area contributed by atoms with Crippen LogP contribution in [0.1, 0.15) is 19.7 Å². The fourth-order valence-electron chi connectivity index (χ4n) is 3.22. The molecule has 0 aliphatic carbocycles. The lowest BCUT2D eigenvalue weighted by Crippen LogP contribution is -2.52. The zero-order chi connectivity index (χ0) is 19.2. The zero-order valence-corrected chi connectivity index (χ0v) is 19.6. The summed E-state index contributed by atoms with van der Waals surface area (Å²) in [5.74, 6) is 2.61. The van der Waals surface area contributed by atoms with Crippen LogP contribution in [0.5, 0.6) is 0 Å². The van der Waals surface area contributed by atoms with Gasteiger partial charge in [0.2, 0.25) is 11.7 Å². The van der Waals surface area contributed by atoms with Gasteiger partial charge in [0.05, 0.1) is 6.54 Å². The smallest absolute Gasteiger partial charge is 0.246 e. The molecule has 0 spiro atoms. The largest absolute Gasteiger partial charge is 0.347 e. The molecule has 0 amide bonds. The number of hydrogen-bond donors (Lipinski definition) is 1. The Balaban J connectivity index is 0.00000280. The van der Waals surface area contributed by atoms with E-state index in [0.29, 0.717) is 29.2 Å². The highest BCUT2D eigenvalue weighted by Gasteiger charge is 2.20. The minimum Gasteiger partial charge on any atom is -0.347 e. The second-order valence-corrected chi connectivity index (χ2v) is 7.54. The van der Waals surface area contributed by atoms with Crippen LogP contribution in [0.3, 0.4) is 0 Å². The number of hydrogen-bond acceptors (Lipinski definition) is 5. The molecule has 2 heterocycles. The third-order valence-electron chi connectivity index (χ3n) is 4.46. The molecule has 0 atom stereocenters. The van der Waals surface area contributed by atoms with Gasteiger partial charge in [-0.15, -0.1) is 24.0 Å². The topological polar surface area (TPSA) is 69.8 Å². The number of aromatic nitrogens is 2. The van der Waals surface area contributed by atoms with Crippen molar-refractivity contribution in [3.8, 4) is 11.4 Å². The Bertz CT molecular complexity index is 773. The van der Waals surface area contributed by atoms with Crippen LogP contribution in [-0.4, -0.2) is 65.7 Å². The molecular weight excluding hydrogens is 491 g/mol. The van der Waals surface area contributed by atoms with Crippen LogP contribution in [0.25, 0.3) is 11.4 Å². The van der Waals surface area contributed by atoms with Gasteiger partial charge in [0.1, 0.15) is 0 Å². The average molecular weight is 519 g/mol. The summed E-state index contributed by atoms with van der Waals surface area (Å²) in [5.41, 5.74) is 0.836. The van der Waals surface area contributed by atoms with Crippen molar-refractivity contribution in [2.24, 2.45) is 10.9 Å². The van der Waals surface area contributed by atoms with Crippen LogP contribution < -0.4 is 5.32 Å². The van der Waals surface area contributed by atoms with Gasteiger partial charge in [-0.05, 0) is 18.1 Å². The highest BCUT2D eigenvalue weighted by atomic mass is 127. The number of benzene rings is 1. The first kappa shape index (κ1) is 22.9. The van der Waals surface area contributed by atoms with Crippen LogP contribution in [0.4, 0.5) is 0 Å². The van der Waals surface area contributed by atoms with Gasteiger partial charge in [0, 0.05) is 50.4 Å². The molecule has 3 rings (SSSR count). The van der Waals surface area contributed by atoms with Crippen molar-refractivity contribution in [3.63, 3.8) is 0 Å². The summed E-state index contributed by atoms with van der Waals surface area (Å²) in [5, 5.41) is 8.01. The van der Waals surface area contributed by atoms with E-state index in [1.165, 1.54) is 0 Å². The van der Waals surface area contributed by atoms with Crippen molar-refractivity contribution in [2.75, 3.05) is 39.8 Å². The van der Waals surface area contributed by atoms with Crippen LogP contribution in [0.15, 0.2) is 33.8 Å². The molecular formula is C19H28ClIN6O. The molecule has 9 heteroatoms. The van der Waals surface area contributed by atoms with Crippen LogP contribution in [0.2, 0.25) is 5.02 Å². The normalized spacial score (nSPS) is 15.6. The number of piperazine rings is 1. The third-order valence-corrected chi connectivity index (χ3v) is 4.69. The van der Waals surface area contributed by atoms with Gasteiger partial charge in [-0.3, -0.25) is 9.89 Å². The Morgan fingerprint density at radius 3 is 2.68 bits per heavy atom. The summed E-state index contributed by atoms with van der Waals surface area (Å²) >= 11 is 6.02. The Morgan fingerprint density at radius 2 is 2.04 bits per heavy atom. The Kier molecular flexibility index (Phi) is 8.97. The van der Waals surface area contributed by atoms with Crippen molar-refractivity contribution in [3.05, 3.63) is 35.2 Å². The quantitative estimate of drug-likeness (QED) is 0.372. The fraction of sp³-hybridized carbons (Fsp3) is 0.526. The predicted octanol–water partition coefficient (Wildman–Crippen LogP) is 3.36. The number of nitrogens with zero attached hydrogens (tertiary/aromatic N) is 5. The number of aliphatic imine (C=N–C) groups is 1. The fourth-order valence-corrected chi connectivity index (χ4v) is 3.41. The molecule has 1 aliphatic rings. The second-order valence-electron chi connectivity index (χ2n) is 7.10. The van der Waals surface area contributed by atoms with E-state index in [1.54, 1.807) is 7.05 Å². The summed E-state index contributed by atoms with van der Waals surface area (Å²) in [6.07, 6.45) is 0. The van der Waals surface area contributed by atoms with E-state index in [0.717, 1.165) is 44.2 Å². The Morgan fingerprint density at radius 1 is 1.29 bits per heavy atom. The van der Waals surface area contributed by atoms with Gasteiger partial charge < -0.3 is 14.7 Å². The molecule has 7 nitrogen and oxygen atoms in total. The van der Waals surface area contributed by atoms with Crippen molar-refractivity contribution in [2.45, 2.75) is 20.4 Å². The van der Waals surface area contributed by atoms with Gasteiger partial charge in [-0.1, -0.05) is 42.7 Å². The second kappa shape index (κ2) is 11.0. The molecule has 0 bridgehead atoms.